The van der Waals surface area contributed by atoms with E-state index in [0.29, 0.717) is 27.7 Å². The molecule has 1 heterocycles. The Labute approximate surface area is 219 Å². The number of hydrogen-bond donors (Lipinski definition) is 2. The number of sulfonamides is 1. The summed E-state index contributed by atoms with van der Waals surface area (Å²) in [4.78, 5) is -0.0790. The quantitative estimate of drug-likeness (QED) is 0.407. The fourth-order valence-electron chi connectivity index (χ4n) is 3.67. The minimum atomic E-state index is -4.08. The van der Waals surface area contributed by atoms with Gasteiger partial charge in [0.1, 0.15) is 0 Å². The molecule has 35 heavy (non-hydrogen) atoms. The minimum Gasteiger partial charge on any atom is -0.302 e. The van der Waals surface area contributed by atoms with E-state index in [2.05, 4.69) is 15.2 Å². The van der Waals surface area contributed by atoms with Gasteiger partial charge >= 0.3 is 0 Å². The summed E-state index contributed by atoms with van der Waals surface area (Å²) in [6.07, 6.45) is 1.45. The molecule has 0 spiro atoms. The summed E-state index contributed by atoms with van der Waals surface area (Å²) < 4.78 is 52.7. The van der Waals surface area contributed by atoms with E-state index in [4.69, 9.17) is 34.8 Å². The molecule has 184 valence electrons. The highest BCUT2D eigenvalue weighted by molar-refractivity contribution is 7.90. The number of halogens is 3. The number of hydrazone groups is 1. The Balaban J connectivity index is 1.67. The summed E-state index contributed by atoms with van der Waals surface area (Å²) in [5.41, 5.74) is 4.98. The van der Waals surface area contributed by atoms with E-state index in [1.165, 1.54) is 30.3 Å². The number of rotatable bonds is 7. The molecule has 0 aromatic heterocycles. The lowest BCUT2D eigenvalue weighted by molar-refractivity contribution is 0.575. The van der Waals surface area contributed by atoms with Crippen LogP contribution in [0.3, 0.4) is 0 Å². The number of nitrogens with one attached hydrogen (secondary N) is 2. The van der Waals surface area contributed by atoms with E-state index in [1.807, 2.05) is 12.1 Å². The minimum absolute atomic E-state index is 0.0175. The van der Waals surface area contributed by atoms with Gasteiger partial charge in [-0.05, 0) is 59.7 Å². The third-order valence-corrected chi connectivity index (χ3v) is 8.87. The maximum Gasteiger partial charge on any atom is 0.241 e. The summed E-state index contributed by atoms with van der Waals surface area (Å²) in [6.45, 7) is 0. The first kappa shape index (κ1) is 25.9. The number of benzene rings is 3. The Bertz CT molecular complexity index is 1490. The maximum atomic E-state index is 13.3. The van der Waals surface area contributed by atoms with Crippen molar-refractivity contribution in [1.29, 1.82) is 0 Å². The molecule has 2 N–H and O–H groups in total. The highest BCUT2D eigenvalue weighted by atomic mass is 35.5. The zero-order valence-electron chi connectivity index (χ0n) is 18.2. The molecule has 2 unspecified atom stereocenters. The van der Waals surface area contributed by atoms with Gasteiger partial charge in [0, 0.05) is 27.7 Å². The fraction of sp³-hybridized carbons (Fsp3) is 0.174. The van der Waals surface area contributed by atoms with Crippen LogP contribution in [0.5, 0.6) is 0 Å². The molecule has 0 saturated heterocycles. The first-order chi connectivity index (χ1) is 16.4. The smallest absolute Gasteiger partial charge is 0.241 e. The van der Waals surface area contributed by atoms with Crippen LogP contribution in [0.25, 0.3) is 0 Å². The van der Waals surface area contributed by atoms with Crippen molar-refractivity contribution >= 4 is 60.4 Å². The largest absolute Gasteiger partial charge is 0.302 e. The Morgan fingerprint density at radius 3 is 2.09 bits per heavy atom. The average Bonchev–Trinajstić information content (AvgIpc) is 3.28. The summed E-state index contributed by atoms with van der Waals surface area (Å²) >= 11 is 18.5. The van der Waals surface area contributed by atoms with E-state index >= 15 is 0 Å². The summed E-state index contributed by atoms with van der Waals surface area (Å²) in [5, 5.41) is 5.70. The van der Waals surface area contributed by atoms with Crippen LogP contribution in [0.1, 0.15) is 29.6 Å². The van der Waals surface area contributed by atoms with Crippen LogP contribution < -0.4 is 10.1 Å². The van der Waals surface area contributed by atoms with Gasteiger partial charge in [-0.3, -0.25) is 0 Å². The van der Waals surface area contributed by atoms with Gasteiger partial charge in [-0.1, -0.05) is 53.0 Å². The molecule has 1 aliphatic heterocycles. The number of hydrogen-bond acceptors (Lipinski definition) is 6. The highest BCUT2D eigenvalue weighted by Crippen LogP contribution is 2.33. The zero-order chi connectivity index (χ0) is 25.4. The van der Waals surface area contributed by atoms with Crippen molar-refractivity contribution in [3.63, 3.8) is 0 Å². The van der Waals surface area contributed by atoms with E-state index in [9.17, 15) is 16.8 Å². The van der Waals surface area contributed by atoms with Crippen molar-refractivity contribution in [3.8, 4) is 0 Å². The predicted molar refractivity (Wildman–Crippen MR) is 138 cm³/mol. The molecule has 0 amide bonds. The predicted octanol–water partition coefficient (Wildman–Crippen LogP) is 5.16. The molecule has 4 rings (SSSR count). The van der Waals surface area contributed by atoms with E-state index in [-0.39, 0.29) is 20.9 Å². The highest BCUT2D eigenvalue weighted by Gasteiger charge is 2.32. The molecule has 3 aromatic rings. The van der Waals surface area contributed by atoms with Gasteiger partial charge in [-0.25, -0.2) is 16.8 Å². The summed E-state index contributed by atoms with van der Waals surface area (Å²) in [5.74, 6) is 0. The third-order valence-electron chi connectivity index (χ3n) is 5.49. The van der Waals surface area contributed by atoms with Crippen LogP contribution >= 0.6 is 34.8 Å². The molecule has 12 heteroatoms. The van der Waals surface area contributed by atoms with Crippen LogP contribution in [0.2, 0.25) is 15.1 Å². The van der Waals surface area contributed by atoms with Crippen LogP contribution in [-0.2, 0) is 19.9 Å². The zero-order valence-corrected chi connectivity index (χ0v) is 22.1. The first-order valence-electron chi connectivity index (χ1n) is 10.3. The van der Waals surface area contributed by atoms with Gasteiger partial charge in [0.25, 0.3) is 0 Å². The van der Waals surface area contributed by atoms with Gasteiger partial charge in [0.15, 0.2) is 9.84 Å². The van der Waals surface area contributed by atoms with Crippen molar-refractivity contribution in [1.82, 2.24) is 10.1 Å². The molecule has 0 fully saturated rings. The lowest BCUT2D eigenvalue weighted by atomic mass is 9.96. The lowest BCUT2D eigenvalue weighted by Gasteiger charge is -2.21. The third kappa shape index (κ3) is 5.99. The number of nitrogens with zero attached hydrogens (tertiary/aromatic N) is 1. The summed E-state index contributed by atoms with van der Waals surface area (Å²) in [6, 6.07) is 16.0. The molecule has 0 bridgehead atoms. The van der Waals surface area contributed by atoms with Crippen LogP contribution in [0.4, 0.5) is 0 Å². The fourth-order valence-corrected chi connectivity index (χ4v) is 6.14. The van der Waals surface area contributed by atoms with Crippen molar-refractivity contribution < 1.29 is 16.8 Å². The molecular weight excluding hydrogens is 553 g/mol. The van der Waals surface area contributed by atoms with Crippen LogP contribution in [0, 0.1) is 0 Å². The normalized spacial score (nSPS) is 17.0. The standard InChI is InChI=1S/C23H20Cl3N3O4S2/c1-34(30,31)17-7-9-18(10-8-17)35(32,33)29-23(19-11-6-16(25)12-20(19)26)22-13-21(27-28-22)14-2-4-15(24)5-3-14/h2-12,21,23,27,29H,13H2,1H3. The maximum absolute atomic E-state index is 13.3. The monoisotopic (exact) mass is 571 g/mol. The van der Waals surface area contributed by atoms with Crippen molar-refractivity contribution in [2.45, 2.75) is 28.3 Å². The molecule has 0 aliphatic carbocycles. The second-order valence-electron chi connectivity index (χ2n) is 8.00. The summed E-state index contributed by atoms with van der Waals surface area (Å²) in [7, 11) is -7.55. The molecule has 3 aromatic carbocycles. The topological polar surface area (TPSA) is 105 Å². The van der Waals surface area contributed by atoms with Gasteiger partial charge < -0.3 is 5.43 Å². The Morgan fingerprint density at radius 2 is 1.49 bits per heavy atom. The Hall–Kier alpha value is -2.14. The lowest BCUT2D eigenvalue weighted by Crippen LogP contribution is -2.33. The second kappa shape index (κ2) is 10.1. The Kier molecular flexibility index (Phi) is 7.47. The first-order valence-corrected chi connectivity index (χ1v) is 14.8. The van der Waals surface area contributed by atoms with Gasteiger partial charge in [0.05, 0.1) is 27.6 Å². The number of sulfone groups is 1. The Morgan fingerprint density at radius 1 is 0.886 bits per heavy atom. The molecular formula is C23H20Cl3N3O4S2. The molecule has 2 atom stereocenters. The molecule has 1 aliphatic rings. The van der Waals surface area contributed by atoms with Gasteiger partial charge in [-0.15, -0.1) is 0 Å². The van der Waals surface area contributed by atoms with Gasteiger partial charge in [0.2, 0.25) is 10.0 Å². The van der Waals surface area contributed by atoms with Crippen LogP contribution in [0.15, 0.2) is 81.6 Å². The average molecular weight is 573 g/mol. The van der Waals surface area contributed by atoms with Crippen molar-refractivity contribution in [2.75, 3.05) is 6.26 Å². The van der Waals surface area contributed by atoms with Gasteiger partial charge in [-0.2, -0.15) is 9.82 Å². The SMILES string of the molecule is CS(=O)(=O)c1ccc(S(=O)(=O)NC(C2=NNC(c3ccc(Cl)cc3)C2)c2ccc(Cl)cc2Cl)cc1. The van der Waals surface area contributed by atoms with E-state index in [0.717, 1.165) is 11.8 Å². The van der Waals surface area contributed by atoms with Crippen molar-refractivity contribution in [3.05, 3.63) is 92.9 Å². The molecule has 0 radical (unpaired) electrons. The molecule has 7 nitrogen and oxygen atoms in total. The van der Waals surface area contributed by atoms with Crippen molar-refractivity contribution in [2.24, 2.45) is 5.10 Å². The van der Waals surface area contributed by atoms with E-state index < -0.39 is 25.9 Å². The van der Waals surface area contributed by atoms with E-state index in [1.54, 1.807) is 24.3 Å². The molecule has 0 saturated carbocycles. The van der Waals surface area contributed by atoms with Crippen LogP contribution in [-0.4, -0.2) is 28.8 Å². The second-order valence-corrected chi connectivity index (χ2v) is 13.0.